The molecule has 0 bridgehead atoms. The molecule has 0 aromatic rings. The standard InChI is InChI=1S/C7H6BrFO2/c1-4(8)3-6(9)5(2)7(10)11/h3H,1-2H2,(H,10,11)/b6-3+. The van der Waals surface area contributed by atoms with E-state index < -0.39 is 17.4 Å². The van der Waals surface area contributed by atoms with Gasteiger partial charge in [0, 0.05) is 4.48 Å². The first kappa shape index (κ1) is 10.1. The maximum atomic E-state index is 12.6. The fraction of sp³-hybridized carbons (Fsp3) is 0. The van der Waals surface area contributed by atoms with Crippen LogP contribution in [0.1, 0.15) is 0 Å². The molecule has 2 nitrogen and oxygen atoms in total. The van der Waals surface area contributed by atoms with E-state index in [-0.39, 0.29) is 4.48 Å². The van der Waals surface area contributed by atoms with Crippen molar-refractivity contribution >= 4 is 21.9 Å². The van der Waals surface area contributed by atoms with Gasteiger partial charge in [-0.25, -0.2) is 9.18 Å². The second-order valence-electron chi connectivity index (χ2n) is 1.72. The van der Waals surface area contributed by atoms with Gasteiger partial charge in [-0.3, -0.25) is 0 Å². The van der Waals surface area contributed by atoms with Crippen LogP contribution in [0.3, 0.4) is 0 Å². The van der Waals surface area contributed by atoms with E-state index in [9.17, 15) is 9.18 Å². The lowest BCUT2D eigenvalue weighted by Gasteiger charge is -1.93. The van der Waals surface area contributed by atoms with Crippen molar-refractivity contribution in [2.24, 2.45) is 0 Å². The average Bonchev–Trinajstić information content (AvgIpc) is 1.84. The van der Waals surface area contributed by atoms with Gasteiger partial charge < -0.3 is 5.11 Å². The van der Waals surface area contributed by atoms with Gasteiger partial charge in [0.1, 0.15) is 5.83 Å². The van der Waals surface area contributed by atoms with E-state index in [0.717, 1.165) is 6.08 Å². The second kappa shape index (κ2) is 4.08. The molecule has 0 radical (unpaired) electrons. The minimum Gasteiger partial charge on any atom is -0.478 e. The summed E-state index contributed by atoms with van der Waals surface area (Å²) in [4.78, 5) is 10.1. The third kappa shape index (κ3) is 3.72. The molecule has 60 valence electrons. The highest BCUT2D eigenvalue weighted by molar-refractivity contribution is 9.11. The minimum atomic E-state index is -1.38. The molecule has 1 N–H and O–H groups in total. The number of rotatable bonds is 3. The average molecular weight is 221 g/mol. The van der Waals surface area contributed by atoms with Gasteiger partial charge in [-0.05, 0) is 6.08 Å². The van der Waals surface area contributed by atoms with Crippen LogP contribution in [0.2, 0.25) is 0 Å². The topological polar surface area (TPSA) is 37.3 Å². The van der Waals surface area contributed by atoms with Crippen LogP contribution in [-0.2, 0) is 4.79 Å². The van der Waals surface area contributed by atoms with Gasteiger partial charge in [-0.15, -0.1) is 0 Å². The Bertz CT molecular complexity index is 243. The Morgan fingerprint density at radius 3 is 2.27 bits per heavy atom. The van der Waals surface area contributed by atoms with Gasteiger partial charge in [0.25, 0.3) is 0 Å². The van der Waals surface area contributed by atoms with Crippen molar-refractivity contribution in [2.45, 2.75) is 0 Å². The van der Waals surface area contributed by atoms with E-state index in [1.807, 2.05) is 0 Å². The third-order valence-corrected chi connectivity index (χ3v) is 1.06. The number of carboxylic acids is 1. The fourth-order valence-electron chi connectivity index (χ4n) is 0.327. The zero-order chi connectivity index (χ0) is 9.02. The number of hydrogen-bond donors (Lipinski definition) is 1. The summed E-state index contributed by atoms with van der Waals surface area (Å²) in [7, 11) is 0. The molecule has 0 heterocycles. The van der Waals surface area contributed by atoms with Crippen molar-refractivity contribution in [3.63, 3.8) is 0 Å². The summed E-state index contributed by atoms with van der Waals surface area (Å²) in [5, 5.41) is 8.24. The molecule has 0 rings (SSSR count). The smallest absolute Gasteiger partial charge is 0.338 e. The number of carbonyl (C=O) groups is 1. The lowest BCUT2D eigenvalue weighted by molar-refractivity contribution is -0.132. The highest BCUT2D eigenvalue weighted by atomic mass is 79.9. The molecule has 0 aromatic carbocycles. The Morgan fingerprint density at radius 2 is 2.00 bits per heavy atom. The number of carboxylic acid groups (broad SMARTS) is 1. The van der Waals surface area contributed by atoms with Gasteiger partial charge in [0.15, 0.2) is 0 Å². The minimum absolute atomic E-state index is 0.261. The van der Waals surface area contributed by atoms with Crippen LogP contribution < -0.4 is 0 Å². The summed E-state index contributed by atoms with van der Waals surface area (Å²) >= 11 is 2.85. The van der Waals surface area contributed by atoms with E-state index in [1.165, 1.54) is 0 Å². The first-order valence-corrected chi connectivity index (χ1v) is 3.38. The van der Waals surface area contributed by atoms with E-state index in [0.29, 0.717) is 0 Å². The van der Waals surface area contributed by atoms with Crippen molar-refractivity contribution in [2.75, 3.05) is 0 Å². The van der Waals surface area contributed by atoms with E-state index in [2.05, 4.69) is 29.1 Å². The van der Waals surface area contributed by atoms with Gasteiger partial charge in [0.05, 0.1) is 5.57 Å². The molecule has 0 aliphatic rings. The van der Waals surface area contributed by atoms with Gasteiger partial charge in [-0.2, -0.15) is 0 Å². The lowest BCUT2D eigenvalue weighted by Crippen LogP contribution is -1.98. The van der Waals surface area contributed by atoms with Crippen LogP contribution in [0.5, 0.6) is 0 Å². The van der Waals surface area contributed by atoms with Gasteiger partial charge >= 0.3 is 5.97 Å². The molecule has 0 saturated carbocycles. The molecule has 0 aliphatic carbocycles. The van der Waals surface area contributed by atoms with Crippen molar-refractivity contribution in [1.29, 1.82) is 0 Å². The number of aliphatic carboxylic acids is 1. The molecule has 0 aliphatic heterocycles. The Kier molecular flexibility index (Phi) is 3.74. The largest absolute Gasteiger partial charge is 0.478 e. The van der Waals surface area contributed by atoms with Crippen molar-refractivity contribution in [3.05, 3.63) is 35.1 Å². The summed E-state index contributed by atoms with van der Waals surface area (Å²) in [5.41, 5.74) is -0.578. The van der Waals surface area contributed by atoms with E-state index in [4.69, 9.17) is 5.11 Å². The summed E-state index contributed by atoms with van der Waals surface area (Å²) < 4.78 is 12.8. The molecule has 0 unspecified atom stereocenters. The molecular formula is C7H6BrFO2. The van der Waals surface area contributed by atoms with Crippen molar-refractivity contribution in [1.82, 2.24) is 0 Å². The van der Waals surface area contributed by atoms with Crippen LogP contribution in [0.4, 0.5) is 4.39 Å². The van der Waals surface area contributed by atoms with Crippen LogP contribution in [0, 0.1) is 0 Å². The van der Waals surface area contributed by atoms with E-state index in [1.54, 1.807) is 0 Å². The number of halogens is 2. The summed E-state index contributed by atoms with van der Waals surface area (Å²) in [6, 6.07) is 0. The SMILES string of the molecule is C=C(Br)/C=C(/F)C(=C)C(=O)O. The maximum absolute atomic E-state index is 12.6. The molecular weight excluding hydrogens is 215 g/mol. The monoisotopic (exact) mass is 220 g/mol. The summed E-state index contributed by atoms with van der Waals surface area (Å²) in [6.45, 7) is 6.31. The molecule has 0 aromatic heterocycles. The molecule has 11 heavy (non-hydrogen) atoms. The Morgan fingerprint density at radius 1 is 1.55 bits per heavy atom. The number of allylic oxidation sites excluding steroid dienone is 2. The van der Waals surface area contributed by atoms with Crippen molar-refractivity contribution < 1.29 is 14.3 Å². The predicted octanol–water partition coefficient (Wildman–Crippen LogP) is 2.39. The first-order chi connectivity index (χ1) is 4.95. The number of hydrogen-bond acceptors (Lipinski definition) is 1. The Labute approximate surface area is 71.8 Å². The van der Waals surface area contributed by atoms with Crippen molar-refractivity contribution in [3.8, 4) is 0 Å². The van der Waals surface area contributed by atoms with Crippen LogP contribution >= 0.6 is 15.9 Å². The zero-order valence-electron chi connectivity index (χ0n) is 5.60. The van der Waals surface area contributed by atoms with E-state index >= 15 is 0 Å². The zero-order valence-corrected chi connectivity index (χ0v) is 7.19. The lowest BCUT2D eigenvalue weighted by atomic mass is 10.2. The molecule has 0 amide bonds. The summed E-state index contributed by atoms with van der Waals surface area (Å²) in [6.07, 6.45) is 0.941. The molecule has 4 heteroatoms. The molecule has 0 saturated heterocycles. The normalized spacial score (nSPS) is 10.9. The molecule has 0 fully saturated rings. The van der Waals surface area contributed by atoms with Crippen LogP contribution in [-0.4, -0.2) is 11.1 Å². The van der Waals surface area contributed by atoms with Gasteiger partial charge in [0.2, 0.25) is 0 Å². The third-order valence-electron chi connectivity index (χ3n) is 0.830. The summed E-state index contributed by atoms with van der Waals surface area (Å²) in [5.74, 6) is -2.29. The fourth-order valence-corrected chi connectivity index (χ4v) is 0.528. The van der Waals surface area contributed by atoms with Gasteiger partial charge in [-0.1, -0.05) is 29.1 Å². The first-order valence-electron chi connectivity index (χ1n) is 2.59. The quantitative estimate of drug-likeness (QED) is 0.586. The van der Waals surface area contributed by atoms with Crippen LogP contribution in [0.25, 0.3) is 0 Å². The van der Waals surface area contributed by atoms with Crippen LogP contribution in [0.15, 0.2) is 35.1 Å². The maximum Gasteiger partial charge on any atom is 0.338 e. The Hall–Kier alpha value is -0.900. The molecule has 0 spiro atoms. The predicted molar refractivity (Wildman–Crippen MR) is 44.0 cm³/mol. The highest BCUT2D eigenvalue weighted by Gasteiger charge is 2.08. The molecule has 0 atom stereocenters. The highest BCUT2D eigenvalue weighted by Crippen LogP contribution is 2.14. The second-order valence-corrected chi connectivity index (χ2v) is 2.74. The Balaban J connectivity index is 4.49.